The zero-order valence-corrected chi connectivity index (χ0v) is 11.8. The van der Waals surface area contributed by atoms with Gasteiger partial charge in [-0.2, -0.15) is 0 Å². The summed E-state index contributed by atoms with van der Waals surface area (Å²) in [6, 6.07) is 12.7. The number of rotatable bonds is 4. The van der Waals surface area contributed by atoms with Crippen LogP contribution in [0.3, 0.4) is 0 Å². The first kappa shape index (κ1) is 13.9. The molecule has 2 rings (SSSR count). The van der Waals surface area contributed by atoms with E-state index in [1.807, 2.05) is 18.2 Å². The molecule has 0 fully saturated rings. The summed E-state index contributed by atoms with van der Waals surface area (Å²) in [5, 5.41) is 3.82. The first-order chi connectivity index (χ1) is 9.08. The second-order valence-electron chi connectivity index (χ2n) is 4.83. The molecule has 0 aliphatic heterocycles. The molecule has 0 aliphatic carbocycles. The summed E-state index contributed by atoms with van der Waals surface area (Å²) in [6.45, 7) is 4.90. The Morgan fingerprint density at radius 1 is 1.16 bits per heavy atom. The Hall–Kier alpha value is -1.54. The fourth-order valence-corrected chi connectivity index (χ4v) is 2.25. The summed E-state index contributed by atoms with van der Waals surface area (Å²) in [5.74, 6) is 0.142. The predicted molar refractivity (Wildman–Crippen MR) is 79.3 cm³/mol. The first-order valence-electron chi connectivity index (χ1n) is 6.34. The third-order valence-corrected chi connectivity index (χ3v) is 3.42. The van der Waals surface area contributed by atoms with Gasteiger partial charge in [-0.15, -0.1) is 0 Å². The van der Waals surface area contributed by atoms with E-state index in [9.17, 15) is 4.39 Å². The second kappa shape index (κ2) is 6.07. The molecule has 0 amide bonds. The number of hydrogen-bond acceptors (Lipinski definition) is 1. The van der Waals surface area contributed by atoms with Crippen molar-refractivity contribution in [3.63, 3.8) is 0 Å². The molecule has 2 aromatic carbocycles. The number of anilines is 1. The number of halogens is 2. The van der Waals surface area contributed by atoms with Crippen LogP contribution in [0.4, 0.5) is 10.1 Å². The fraction of sp³-hybridized carbons (Fsp3) is 0.250. The van der Waals surface area contributed by atoms with Crippen molar-refractivity contribution in [3.8, 4) is 0 Å². The molecule has 0 saturated carbocycles. The standard InChI is InChI=1S/C16H17ClFN/c1-11(2)14-5-3-4-6-16(14)19-10-12-7-8-13(18)9-15(12)17/h3-9,11,19H,10H2,1-2H3. The lowest BCUT2D eigenvalue weighted by atomic mass is 10.0. The first-order valence-corrected chi connectivity index (χ1v) is 6.72. The number of benzene rings is 2. The van der Waals surface area contributed by atoms with Crippen LogP contribution in [0.2, 0.25) is 5.02 Å². The number of hydrogen-bond donors (Lipinski definition) is 1. The fourth-order valence-electron chi connectivity index (χ4n) is 2.02. The molecule has 0 radical (unpaired) electrons. The highest BCUT2D eigenvalue weighted by atomic mass is 35.5. The quantitative estimate of drug-likeness (QED) is 0.808. The van der Waals surface area contributed by atoms with Crippen LogP contribution in [0.5, 0.6) is 0 Å². The maximum absolute atomic E-state index is 13.0. The predicted octanol–water partition coefficient (Wildman–Crippen LogP) is 5.21. The Kier molecular flexibility index (Phi) is 4.43. The van der Waals surface area contributed by atoms with E-state index in [1.54, 1.807) is 6.07 Å². The molecule has 0 aliphatic rings. The lowest BCUT2D eigenvalue weighted by Gasteiger charge is -2.15. The highest BCUT2D eigenvalue weighted by Gasteiger charge is 2.06. The van der Waals surface area contributed by atoms with Crippen molar-refractivity contribution in [2.45, 2.75) is 26.3 Å². The average molecular weight is 278 g/mol. The summed E-state index contributed by atoms with van der Waals surface area (Å²) < 4.78 is 13.0. The smallest absolute Gasteiger partial charge is 0.124 e. The van der Waals surface area contributed by atoms with Gasteiger partial charge in [0, 0.05) is 17.3 Å². The van der Waals surface area contributed by atoms with Crippen LogP contribution >= 0.6 is 11.6 Å². The van der Waals surface area contributed by atoms with E-state index in [-0.39, 0.29) is 5.82 Å². The summed E-state index contributed by atoms with van der Waals surface area (Å²) in [7, 11) is 0. The molecular formula is C16H17ClFN. The normalized spacial score (nSPS) is 10.8. The van der Waals surface area contributed by atoms with Crippen molar-refractivity contribution in [3.05, 3.63) is 64.4 Å². The molecule has 0 bridgehead atoms. The van der Waals surface area contributed by atoms with Gasteiger partial charge >= 0.3 is 0 Å². The Balaban J connectivity index is 2.14. The van der Waals surface area contributed by atoms with Crippen LogP contribution in [-0.4, -0.2) is 0 Å². The average Bonchev–Trinajstić information content (AvgIpc) is 2.38. The zero-order chi connectivity index (χ0) is 13.8. The van der Waals surface area contributed by atoms with E-state index in [0.717, 1.165) is 11.3 Å². The topological polar surface area (TPSA) is 12.0 Å². The largest absolute Gasteiger partial charge is 0.381 e. The molecule has 0 spiro atoms. The Labute approximate surface area is 118 Å². The molecule has 2 aromatic rings. The monoisotopic (exact) mass is 277 g/mol. The summed E-state index contributed by atoms with van der Waals surface area (Å²) >= 11 is 6.02. The summed E-state index contributed by atoms with van der Waals surface area (Å²) in [5.41, 5.74) is 3.25. The lowest BCUT2D eigenvalue weighted by molar-refractivity contribution is 0.627. The van der Waals surface area contributed by atoms with Gasteiger partial charge in [0.2, 0.25) is 0 Å². The molecule has 0 unspecified atom stereocenters. The highest BCUT2D eigenvalue weighted by Crippen LogP contribution is 2.25. The van der Waals surface area contributed by atoms with Gasteiger partial charge in [0.15, 0.2) is 0 Å². The van der Waals surface area contributed by atoms with E-state index in [0.29, 0.717) is 17.5 Å². The van der Waals surface area contributed by atoms with Crippen molar-refractivity contribution in [1.29, 1.82) is 0 Å². The van der Waals surface area contributed by atoms with Gasteiger partial charge in [0.05, 0.1) is 0 Å². The van der Waals surface area contributed by atoms with Crippen molar-refractivity contribution >= 4 is 17.3 Å². The molecule has 0 atom stereocenters. The molecule has 0 heterocycles. The van der Waals surface area contributed by atoms with Crippen LogP contribution in [0.25, 0.3) is 0 Å². The third kappa shape index (κ3) is 3.48. The SMILES string of the molecule is CC(C)c1ccccc1NCc1ccc(F)cc1Cl. The molecule has 0 saturated heterocycles. The number of para-hydroxylation sites is 1. The molecule has 19 heavy (non-hydrogen) atoms. The molecular weight excluding hydrogens is 261 g/mol. The van der Waals surface area contributed by atoms with Crippen LogP contribution < -0.4 is 5.32 Å². The minimum Gasteiger partial charge on any atom is -0.381 e. The molecule has 1 nitrogen and oxygen atoms in total. The Morgan fingerprint density at radius 3 is 2.58 bits per heavy atom. The second-order valence-corrected chi connectivity index (χ2v) is 5.24. The van der Waals surface area contributed by atoms with Crippen LogP contribution in [0.1, 0.15) is 30.9 Å². The van der Waals surface area contributed by atoms with Gasteiger partial charge in [-0.25, -0.2) is 4.39 Å². The van der Waals surface area contributed by atoms with E-state index in [1.165, 1.54) is 17.7 Å². The maximum Gasteiger partial charge on any atom is 0.124 e. The minimum absolute atomic E-state index is 0.309. The van der Waals surface area contributed by atoms with Gasteiger partial charge in [0.1, 0.15) is 5.82 Å². The maximum atomic E-state index is 13.0. The van der Waals surface area contributed by atoms with Gasteiger partial charge < -0.3 is 5.32 Å². The van der Waals surface area contributed by atoms with E-state index >= 15 is 0 Å². The van der Waals surface area contributed by atoms with Gasteiger partial charge in [-0.05, 0) is 35.2 Å². The van der Waals surface area contributed by atoms with Gasteiger partial charge in [-0.1, -0.05) is 49.7 Å². The van der Waals surface area contributed by atoms with Crippen molar-refractivity contribution < 1.29 is 4.39 Å². The summed E-state index contributed by atoms with van der Waals surface area (Å²) in [6.07, 6.45) is 0. The molecule has 100 valence electrons. The molecule has 0 aromatic heterocycles. The van der Waals surface area contributed by atoms with Crippen molar-refractivity contribution in [1.82, 2.24) is 0 Å². The van der Waals surface area contributed by atoms with Crippen molar-refractivity contribution in [2.24, 2.45) is 0 Å². The Bertz CT molecular complexity index is 566. The van der Waals surface area contributed by atoms with E-state index in [4.69, 9.17) is 11.6 Å². The van der Waals surface area contributed by atoms with Crippen molar-refractivity contribution in [2.75, 3.05) is 5.32 Å². The van der Waals surface area contributed by atoms with Crippen LogP contribution in [0, 0.1) is 5.82 Å². The lowest BCUT2D eigenvalue weighted by Crippen LogP contribution is -2.04. The third-order valence-electron chi connectivity index (χ3n) is 3.07. The van der Waals surface area contributed by atoms with Gasteiger partial charge in [0.25, 0.3) is 0 Å². The highest BCUT2D eigenvalue weighted by molar-refractivity contribution is 6.31. The Morgan fingerprint density at radius 2 is 1.89 bits per heavy atom. The zero-order valence-electron chi connectivity index (χ0n) is 11.1. The van der Waals surface area contributed by atoms with Crippen LogP contribution in [-0.2, 0) is 6.54 Å². The molecule has 1 N–H and O–H groups in total. The van der Waals surface area contributed by atoms with Gasteiger partial charge in [-0.3, -0.25) is 0 Å². The van der Waals surface area contributed by atoms with E-state index in [2.05, 4.69) is 25.2 Å². The van der Waals surface area contributed by atoms with E-state index < -0.39 is 0 Å². The summed E-state index contributed by atoms with van der Waals surface area (Å²) in [4.78, 5) is 0. The van der Waals surface area contributed by atoms with Crippen LogP contribution in [0.15, 0.2) is 42.5 Å². The minimum atomic E-state index is -0.309. The number of nitrogens with one attached hydrogen (secondary N) is 1. The molecule has 3 heteroatoms.